The Morgan fingerprint density at radius 3 is 2.76 bits per heavy atom. The second kappa shape index (κ2) is 5.38. The number of aromatic amines is 1. The zero-order valence-electron chi connectivity index (χ0n) is 12.3. The number of ether oxygens (including phenoxy) is 1. The van der Waals surface area contributed by atoms with E-state index in [1.54, 1.807) is 12.0 Å². The summed E-state index contributed by atoms with van der Waals surface area (Å²) >= 11 is 0. The Hall–Kier alpha value is -1.47. The molecule has 0 aromatic carbocycles. The van der Waals surface area contributed by atoms with Crippen molar-refractivity contribution in [2.75, 3.05) is 20.2 Å². The van der Waals surface area contributed by atoms with Crippen molar-refractivity contribution in [3.05, 3.63) is 11.9 Å². The topological polar surface area (TPSA) is 91.3 Å². The van der Waals surface area contributed by atoms with Crippen molar-refractivity contribution in [3.63, 3.8) is 0 Å². The third-order valence-electron chi connectivity index (χ3n) is 4.87. The van der Waals surface area contributed by atoms with Crippen molar-refractivity contribution in [1.29, 1.82) is 0 Å². The molecule has 3 rings (SSSR count). The van der Waals surface area contributed by atoms with Crippen LogP contribution in [0.15, 0.2) is 6.20 Å². The Balaban J connectivity index is 1.75. The second-order valence-electron chi connectivity index (χ2n) is 6.12. The van der Waals surface area contributed by atoms with Gasteiger partial charge in [0.05, 0.1) is 12.7 Å². The molecule has 21 heavy (non-hydrogen) atoms. The molecule has 0 unspecified atom stereocenters. The molecule has 2 N–H and O–H groups in total. The van der Waals surface area contributed by atoms with Gasteiger partial charge in [0.1, 0.15) is 16.9 Å². The van der Waals surface area contributed by atoms with Gasteiger partial charge in [0, 0.05) is 20.1 Å². The normalized spacial score (nSPS) is 28.8. The minimum absolute atomic E-state index is 0.00381. The van der Waals surface area contributed by atoms with E-state index in [9.17, 15) is 9.90 Å². The lowest BCUT2D eigenvalue weighted by Crippen LogP contribution is -2.51. The maximum Gasteiger partial charge on any atom is 0.254 e. The second-order valence-corrected chi connectivity index (χ2v) is 6.12. The molecule has 0 spiro atoms. The number of aliphatic hydroxyl groups is 1. The summed E-state index contributed by atoms with van der Waals surface area (Å²) in [5, 5.41) is 20.9. The molecule has 1 aliphatic heterocycles. The van der Waals surface area contributed by atoms with Crippen molar-refractivity contribution >= 4 is 5.91 Å². The number of carbonyl (C=O) groups is 1. The van der Waals surface area contributed by atoms with E-state index in [0.29, 0.717) is 18.7 Å². The number of methoxy groups -OCH3 is 1. The van der Waals surface area contributed by atoms with Crippen LogP contribution in [0.1, 0.15) is 44.2 Å². The summed E-state index contributed by atoms with van der Waals surface area (Å²) in [4.78, 5) is 14.6. The zero-order valence-corrected chi connectivity index (χ0v) is 12.3. The quantitative estimate of drug-likeness (QED) is 0.850. The summed E-state index contributed by atoms with van der Waals surface area (Å²) in [6.07, 6.45) is 6.71. The van der Waals surface area contributed by atoms with Crippen LogP contribution >= 0.6 is 0 Å². The molecule has 116 valence electrons. The van der Waals surface area contributed by atoms with Crippen LogP contribution < -0.4 is 0 Å². The molecule has 1 amide bonds. The molecule has 2 heterocycles. The van der Waals surface area contributed by atoms with E-state index in [1.165, 1.54) is 6.20 Å². The monoisotopic (exact) mass is 294 g/mol. The van der Waals surface area contributed by atoms with Gasteiger partial charge < -0.3 is 14.7 Å². The van der Waals surface area contributed by atoms with Crippen molar-refractivity contribution in [2.24, 2.45) is 0 Å². The van der Waals surface area contributed by atoms with Gasteiger partial charge in [-0.25, -0.2) is 0 Å². The molecule has 2 fully saturated rings. The van der Waals surface area contributed by atoms with Crippen LogP contribution in [0.4, 0.5) is 0 Å². The van der Waals surface area contributed by atoms with Gasteiger partial charge in [0.15, 0.2) is 0 Å². The first-order valence-corrected chi connectivity index (χ1v) is 7.53. The largest absolute Gasteiger partial charge is 0.381 e. The molecule has 1 aliphatic carbocycles. The van der Waals surface area contributed by atoms with E-state index in [4.69, 9.17) is 4.74 Å². The van der Waals surface area contributed by atoms with Crippen molar-refractivity contribution in [2.45, 2.75) is 49.7 Å². The number of hydrogen-bond donors (Lipinski definition) is 2. The predicted octanol–water partition coefficient (Wildman–Crippen LogP) is 0.574. The number of rotatable bonds is 3. The fourth-order valence-electron chi connectivity index (χ4n) is 3.52. The molecule has 1 aromatic rings. The number of hydrogen-bond acceptors (Lipinski definition) is 5. The first-order chi connectivity index (χ1) is 10.1. The third-order valence-corrected chi connectivity index (χ3v) is 4.87. The number of β-amino-alcohol motifs (C(OH)–C–C–N with tert-alkyl or cyclic N) is 1. The van der Waals surface area contributed by atoms with Crippen molar-refractivity contribution in [3.8, 4) is 0 Å². The summed E-state index contributed by atoms with van der Waals surface area (Å²) < 4.78 is 5.60. The maximum atomic E-state index is 12.9. The van der Waals surface area contributed by atoms with Crippen LogP contribution in [0.2, 0.25) is 0 Å². The average molecular weight is 294 g/mol. The number of nitrogens with zero attached hydrogens (tertiary/aromatic N) is 3. The number of amides is 1. The first-order valence-electron chi connectivity index (χ1n) is 7.53. The lowest BCUT2D eigenvalue weighted by molar-refractivity contribution is -0.159. The van der Waals surface area contributed by atoms with Crippen LogP contribution in [-0.4, -0.2) is 57.1 Å². The average Bonchev–Trinajstić information content (AvgIpc) is 3.17. The standard InChI is InChI=1S/C14H22N4O3/c1-21-14(5-3-2-4-6-14)12(19)18-8-7-13(20,10-18)11-9-15-17-16-11/h9,20H,2-8,10H2,1H3,(H,15,16,17)/t13-/m1/s1. The van der Waals surface area contributed by atoms with E-state index < -0.39 is 11.2 Å². The minimum Gasteiger partial charge on any atom is -0.381 e. The molecule has 0 bridgehead atoms. The Kier molecular flexibility index (Phi) is 3.71. The van der Waals surface area contributed by atoms with E-state index in [-0.39, 0.29) is 12.5 Å². The predicted molar refractivity (Wildman–Crippen MR) is 74.3 cm³/mol. The zero-order chi connectivity index (χ0) is 14.9. The summed E-state index contributed by atoms with van der Waals surface area (Å²) in [5.74, 6) is 0.00381. The van der Waals surface area contributed by atoms with Crippen LogP contribution in [0.25, 0.3) is 0 Å². The lowest BCUT2D eigenvalue weighted by atomic mass is 9.83. The maximum absolute atomic E-state index is 12.9. The van der Waals surface area contributed by atoms with Crippen LogP contribution in [0.5, 0.6) is 0 Å². The van der Waals surface area contributed by atoms with Gasteiger partial charge in [-0.3, -0.25) is 4.79 Å². The third kappa shape index (κ3) is 2.44. The van der Waals surface area contributed by atoms with Gasteiger partial charge in [0.2, 0.25) is 0 Å². The molecule has 1 aromatic heterocycles. The van der Waals surface area contributed by atoms with Crippen LogP contribution in [0.3, 0.4) is 0 Å². The number of H-pyrrole nitrogens is 1. The van der Waals surface area contributed by atoms with Crippen molar-refractivity contribution < 1.29 is 14.6 Å². The molecule has 1 atom stereocenters. The molecule has 7 heteroatoms. The molecule has 1 saturated carbocycles. The van der Waals surface area contributed by atoms with Gasteiger partial charge in [-0.2, -0.15) is 15.4 Å². The lowest BCUT2D eigenvalue weighted by Gasteiger charge is -2.37. The smallest absolute Gasteiger partial charge is 0.254 e. The van der Waals surface area contributed by atoms with Crippen molar-refractivity contribution in [1.82, 2.24) is 20.3 Å². The summed E-state index contributed by atoms with van der Waals surface area (Å²) in [6.45, 7) is 0.775. The van der Waals surface area contributed by atoms with Crippen LogP contribution in [-0.2, 0) is 15.1 Å². The number of likely N-dealkylation sites (tertiary alicyclic amines) is 1. The fourth-order valence-corrected chi connectivity index (χ4v) is 3.52. The minimum atomic E-state index is -1.10. The summed E-state index contributed by atoms with van der Waals surface area (Å²) in [5.41, 5.74) is -1.31. The number of aromatic nitrogens is 3. The molecule has 2 aliphatic rings. The highest BCUT2D eigenvalue weighted by Crippen LogP contribution is 2.37. The first kappa shape index (κ1) is 14.5. The molecule has 1 saturated heterocycles. The Morgan fingerprint density at radius 1 is 1.38 bits per heavy atom. The van der Waals surface area contributed by atoms with E-state index in [0.717, 1.165) is 32.1 Å². The van der Waals surface area contributed by atoms with Gasteiger partial charge in [-0.1, -0.05) is 19.3 Å². The number of carbonyl (C=O) groups excluding carboxylic acids is 1. The number of nitrogens with one attached hydrogen (secondary N) is 1. The van der Waals surface area contributed by atoms with E-state index in [1.807, 2.05) is 0 Å². The molecule has 7 nitrogen and oxygen atoms in total. The van der Waals surface area contributed by atoms with Gasteiger partial charge in [-0.05, 0) is 12.8 Å². The summed E-state index contributed by atoms with van der Waals surface area (Å²) in [7, 11) is 1.61. The molecular weight excluding hydrogens is 272 g/mol. The summed E-state index contributed by atoms with van der Waals surface area (Å²) in [6, 6.07) is 0. The van der Waals surface area contributed by atoms with Gasteiger partial charge in [0.25, 0.3) is 5.91 Å². The highest BCUT2D eigenvalue weighted by Gasteiger charge is 2.48. The van der Waals surface area contributed by atoms with Gasteiger partial charge in [-0.15, -0.1) is 0 Å². The van der Waals surface area contributed by atoms with E-state index in [2.05, 4.69) is 15.4 Å². The Bertz CT molecular complexity index is 498. The Morgan fingerprint density at radius 2 is 2.14 bits per heavy atom. The highest BCUT2D eigenvalue weighted by atomic mass is 16.5. The van der Waals surface area contributed by atoms with Crippen LogP contribution in [0, 0.1) is 0 Å². The molecule has 0 radical (unpaired) electrons. The fraction of sp³-hybridized carbons (Fsp3) is 0.786. The highest BCUT2D eigenvalue weighted by molar-refractivity contribution is 5.85. The Labute approximate surface area is 123 Å². The van der Waals surface area contributed by atoms with Gasteiger partial charge >= 0.3 is 0 Å². The van der Waals surface area contributed by atoms with E-state index >= 15 is 0 Å². The SMILES string of the molecule is COC1(C(=O)N2CC[C@](O)(c3cn[nH]n3)C2)CCCCC1. The molecular formula is C14H22N4O3.